The molecule has 0 radical (unpaired) electrons. The van der Waals surface area contributed by atoms with Crippen LogP contribution in [0.5, 0.6) is 0 Å². The summed E-state index contributed by atoms with van der Waals surface area (Å²) < 4.78 is 9.84. The fourth-order valence-electron chi connectivity index (χ4n) is 4.46. The van der Waals surface area contributed by atoms with Gasteiger partial charge in [0.25, 0.3) is 0 Å². The second-order valence-electron chi connectivity index (χ2n) is 7.79. The van der Waals surface area contributed by atoms with Crippen molar-refractivity contribution in [3.63, 3.8) is 0 Å². The first-order valence-electron chi connectivity index (χ1n) is 10.5. The quantitative estimate of drug-likeness (QED) is 0.442. The second-order valence-corrected chi connectivity index (χ2v) is 7.79. The molecule has 0 saturated carbocycles. The third-order valence-electron chi connectivity index (χ3n) is 6.10. The Labute approximate surface area is 189 Å². The molecular formula is C28H26O4. The van der Waals surface area contributed by atoms with Crippen molar-refractivity contribution in [1.29, 1.82) is 0 Å². The van der Waals surface area contributed by atoms with Crippen LogP contribution in [0, 0.1) is 23.7 Å². The van der Waals surface area contributed by atoms with Crippen molar-refractivity contribution in [2.45, 2.75) is 12.3 Å². The fourth-order valence-corrected chi connectivity index (χ4v) is 4.46. The van der Waals surface area contributed by atoms with Crippen LogP contribution in [0.4, 0.5) is 0 Å². The predicted molar refractivity (Wildman–Crippen MR) is 125 cm³/mol. The van der Waals surface area contributed by atoms with Crippen molar-refractivity contribution >= 4 is 11.9 Å². The summed E-state index contributed by atoms with van der Waals surface area (Å²) in [6.45, 7) is 1.63. The van der Waals surface area contributed by atoms with Gasteiger partial charge in [0.15, 0.2) is 0 Å². The Morgan fingerprint density at radius 2 is 1.28 bits per heavy atom. The van der Waals surface area contributed by atoms with Gasteiger partial charge in [-0.05, 0) is 27.8 Å². The molecule has 2 atom stereocenters. The largest absolute Gasteiger partial charge is 0.469 e. The van der Waals surface area contributed by atoms with Gasteiger partial charge in [-0.1, -0.05) is 97.6 Å². The molecule has 162 valence electrons. The van der Waals surface area contributed by atoms with Crippen molar-refractivity contribution in [3.8, 4) is 23.0 Å². The summed E-state index contributed by atoms with van der Waals surface area (Å²) >= 11 is 0. The number of rotatable bonds is 4. The van der Waals surface area contributed by atoms with Gasteiger partial charge in [-0.25, -0.2) is 0 Å². The van der Waals surface area contributed by atoms with E-state index in [1.807, 2.05) is 54.6 Å². The maximum absolute atomic E-state index is 12.6. The lowest BCUT2D eigenvalue weighted by atomic mass is 9.72. The Morgan fingerprint density at radius 3 is 1.81 bits per heavy atom. The predicted octanol–water partition coefficient (Wildman–Crippen LogP) is 4.85. The number of ether oxygens (including phenoxy) is 2. The first-order chi connectivity index (χ1) is 15.5. The van der Waals surface area contributed by atoms with Gasteiger partial charge in [0.1, 0.15) is 11.3 Å². The monoisotopic (exact) mass is 426 g/mol. The van der Waals surface area contributed by atoms with Gasteiger partial charge in [-0.3, -0.25) is 9.59 Å². The van der Waals surface area contributed by atoms with Crippen LogP contribution in [0.25, 0.3) is 11.1 Å². The number of fused-ring (bicyclic) bond motifs is 3. The summed E-state index contributed by atoms with van der Waals surface area (Å²) in [6.07, 6.45) is 0. The van der Waals surface area contributed by atoms with Gasteiger partial charge in [0.2, 0.25) is 0 Å². The summed E-state index contributed by atoms with van der Waals surface area (Å²) in [5.74, 6) is 3.79. The van der Waals surface area contributed by atoms with E-state index in [0.717, 1.165) is 27.8 Å². The maximum atomic E-state index is 12.6. The fraction of sp³-hybridized carbons (Fsp3) is 0.214. The molecule has 1 aliphatic rings. The van der Waals surface area contributed by atoms with Gasteiger partial charge >= 0.3 is 11.9 Å². The SMILES string of the molecule is COC(=O)C(C)[C@H](C#CC1(c2ccccc2)c2ccccc2-c2ccccc21)C(=O)OC.[HH]. The van der Waals surface area contributed by atoms with E-state index in [0.29, 0.717) is 0 Å². The average Bonchev–Trinajstić information content (AvgIpc) is 3.14. The van der Waals surface area contributed by atoms with Gasteiger partial charge in [0.05, 0.1) is 20.1 Å². The molecule has 4 nitrogen and oxygen atoms in total. The summed E-state index contributed by atoms with van der Waals surface area (Å²) in [6, 6.07) is 26.4. The van der Waals surface area contributed by atoms with E-state index in [1.54, 1.807) is 6.92 Å². The van der Waals surface area contributed by atoms with Crippen LogP contribution < -0.4 is 0 Å². The van der Waals surface area contributed by atoms with Crippen molar-refractivity contribution in [2.24, 2.45) is 11.8 Å². The minimum absolute atomic E-state index is 0. The molecule has 0 amide bonds. The first-order valence-corrected chi connectivity index (χ1v) is 10.5. The van der Waals surface area contributed by atoms with E-state index in [1.165, 1.54) is 14.2 Å². The highest BCUT2D eigenvalue weighted by Crippen LogP contribution is 2.52. The van der Waals surface area contributed by atoms with Crippen LogP contribution in [-0.4, -0.2) is 26.2 Å². The molecule has 0 N–H and O–H groups in total. The molecule has 0 spiro atoms. The van der Waals surface area contributed by atoms with Crippen molar-refractivity contribution in [2.75, 3.05) is 14.2 Å². The number of hydrogen-bond donors (Lipinski definition) is 0. The molecule has 0 heterocycles. The smallest absolute Gasteiger partial charge is 0.321 e. The summed E-state index contributed by atoms with van der Waals surface area (Å²) in [5, 5.41) is 0. The van der Waals surface area contributed by atoms with E-state index >= 15 is 0 Å². The van der Waals surface area contributed by atoms with E-state index in [4.69, 9.17) is 9.47 Å². The zero-order valence-corrected chi connectivity index (χ0v) is 18.3. The average molecular weight is 427 g/mol. The molecule has 32 heavy (non-hydrogen) atoms. The first kappa shape index (κ1) is 21.4. The Balaban J connectivity index is 0.00000306. The summed E-state index contributed by atoms with van der Waals surface area (Å²) in [7, 11) is 2.60. The lowest BCUT2D eigenvalue weighted by Gasteiger charge is -2.27. The number of carbonyl (C=O) groups excluding carboxylic acids is 2. The normalized spacial score (nSPS) is 14.7. The molecule has 0 aromatic heterocycles. The molecule has 0 saturated heterocycles. The number of methoxy groups -OCH3 is 2. The van der Waals surface area contributed by atoms with Gasteiger partial charge in [-0.2, -0.15) is 0 Å². The van der Waals surface area contributed by atoms with Gasteiger partial charge < -0.3 is 9.47 Å². The molecule has 3 aromatic carbocycles. The van der Waals surface area contributed by atoms with Crippen LogP contribution in [0.3, 0.4) is 0 Å². The highest BCUT2D eigenvalue weighted by molar-refractivity contribution is 5.87. The van der Waals surface area contributed by atoms with E-state index in [9.17, 15) is 9.59 Å². The minimum atomic E-state index is -0.951. The van der Waals surface area contributed by atoms with Gasteiger partial charge in [-0.15, -0.1) is 0 Å². The molecule has 0 fully saturated rings. The number of hydrogen-bond acceptors (Lipinski definition) is 4. The standard InChI is InChI=1S/C28H24O4.H2/c1-19(26(29)31-2)21(27(30)32-3)17-18-28(20-11-5-4-6-12-20)24-15-9-7-13-22(24)23-14-8-10-16-25(23)28;/h4-16,19,21H,1-3H3;1H/t19?,21-;/m0./s1. The van der Waals surface area contributed by atoms with Crippen LogP contribution in [-0.2, 0) is 24.5 Å². The van der Waals surface area contributed by atoms with E-state index in [-0.39, 0.29) is 1.43 Å². The number of carbonyl (C=O) groups is 2. The zero-order chi connectivity index (χ0) is 22.7. The van der Waals surface area contributed by atoms with E-state index in [2.05, 4.69) is 36.1 Å². The number of esters is 2. The van der Waals surface area contributed by atoms with Crippen molar-refractivity contribution < 1.29 is 20.5 Å². The van der Waals surface area contributed by atoms with Crippen LogP contribution in [0.15, 0.2) is 78.9 Å². The third-order valence-corrected chi connectivity index (χ3v) is 6.10. The van der Waals surface area contributed by atoms with E-state index < -0.39 is 29.2 Å². The Bertz CT molecular complexity index is 1180. The molecule has 4 heteroatoms. The zero-order valence-electron chi connectivity index (χ0n) is 18.3. The van der Waals surface area contributed by atoms with Crippen LogP contribution in [0.1, 0.15) is 25.0 Å². The highest BCUT2D eigenvalue weighted by Gasteiger charge is 2.43. The van der Waals surface area contributed by atoms with Crippen LogP contribution in [0.2, 0.25) is 0 Å². The Hall–Kier alpha value is -3.84. The molecule has 0 bridgehead atoms. The maximum Gasteiger partial charge on any atom is 0.321 e. The molecule has 1 unspecified atom stereocenters. The third kappa shape index (κ3) is 3.36. The lowest BCUT2D eigenvalue weighted by molar-refractivity contribution is -0.154. The summed E-state index contributed by atoms with van der Waals surface area (Å²) in [4.78, 5) is 24.8. The second kappa shape index (κ2) is 8.72. The lowest BCUT2D eigenvalue weighted by Crippen LogP contribution is -2.30. The molecule has 4 rings (SSSR count). The molecule has 1 aliphatic carbocycles. The van der Waals surface area contributed by atoms with Gasteiger partial charge in [0, 0.05) is 1.43 Å². The van der Waals surface area contributed by atoms with Crippen LogP contribution >= 0.6 is 0 Å². The molecule has 3 aromatic rings. The molecular weight excluding hydrogens is 400 g/mol. The number of benzene rings is 3. The topological polar surface area (TPSA) is 52.6 Å². The Morgan fingerprint density at radius 1 is 0.781 bits per heavy atom. The van der Waals surface area contributed by atoms with Crippen molar-refractivity contribution in [1.82, 2.24) is 0 Å². The molecule has 0 aliphatic heterocycles. The highest BCUT2D eigenvalue weighted by atomic mass is 16.5. The summed E-state index contributed by atoms with van der Waals surface area (Å²) in [5.41, 5.74) is 4.53. The Kier molecular flexibility index (Phi) is 5.83. The minimum Gasteiger partial charge on any atom is -0.469 e. The van der Waals surface area contributed by atoms with Crippen molar-refractivity contribution in [3.05, 3.63) is 95.6 Å².